The number of hydrogen-bond donors (Lipinski definition) is 1. The zero-order valence-electron chi connectivity index (χ0n) is 12.9. The van der Waals surface area contributed by atoms with Gasteiger partial charge in [-0.15, -0.1) is 11.3 Å². The van der Waals surface area contributed by atoms with Gasteiger partial charge in [-0.3, -0.25) is 9.59 Å². The van der Waals surface area contributed by atoms with Gasteiger partial charge in [-0.05, 0) is 47.2 Å². The summed E-state index contributed by atoms with van der Waals surface area (Å²) in [5, 5.41) is 5.40. The smallest absolute Gasteiger partial charge is 0.273 e. The van der Waals surface area contributed by atoms with Crippen LogP contribution in [0.15, 0.2) is 38.5 Å². The van der Waals surface area contributed by atoms with E-state index in [0.29, 0.717) is 13.0 Å². The number of thiophene rings is 2. The predicted octanol–water partition coefficient (Wildman–Crippen LogP) is 1.85. The summed E-state index contributed by atoms with van der Waals surface area (Å²) in [6.45, 7) is 2.05. The highest BCUT2D eigenvalue weighted by Crippen LogP contribution is 2.32. The van der Waals surface area contributed by atoms with Crippen molar-refractivity contribution in [3.05, 3.63) is 39.9 Å². The first-order chi connectivity index (χ1) is 11.3. The highest BCUT2D eigenvalue weighted by atomic mass is 32.2. The average molecular weight is 385 g/mol. The molecule has 1 N–H and O–H groups in total. The summed E-state index contributed by atoms with van der Waals surface area (Å²) in [5.41, 5.74) is -0.233. The molecule has 0 aromatic carbocycles. The summed E-state index contributed by atoms with van der Waals surface area (Å²) < 4.78 is 26.6. The van der Waals surface area contributed by atoms with Crippen molar-refractivity contribution < 1.29 is 18.0 Å². The van der Waals surface area contributed by atoms with Crippen LogP contribution in [0.1, 0.15) is 18.9 Å². The van der Waals surface area contributed by atoms with Gasteiger partial charge in [-0.1, -0.05) is 6.07 Å². The number of nitrogens with zero attached hydrogens (tertiary/aromatic N) is 1. The molecule has 0 radical (unpaired) electrons. The molecule has 2 aromatic heterocycles. The Balaban J connectivity index is 1.71. The van der Waals surface area contributed by atoms with Gasteiger partial charge in [-0.25, -0.2) is 13.1 Å². The third-order valence-corrected chi connectivity index (χ3v) is 7.59. The fraction of sp³-hybridized carbons (Fsp3) is 0.333. The molecular formula is C15H16N2O4S3. The molecule has 0 bridgehead atoms. The minimum atomic E-state index is -3.89. The van der Waals surface area contributed by atoms with Gasteiger partial charge in [0, 0.05) is 6.54 Å². The highest BCUT2D eigenvalue weighted by molar-refractivity contribution is 7.92. The van der Waals surface area contributed by atoms with E-state index in [1.165, 1.54) is 22.3 Å². The zero-order chi connectivity index (χ0) is 17.4. The first-order valence-corrected chi connectivity index (χ1v) is 10.6. The van der Waals surface area contributed by atoms with Gasteiger partial charge in [0.25, 0.3) is 15.9 Å². The molecule has 2 amide bonds. The van der Waals surface area contributed by atoms with Crippen LogP contribution < -0.4 is 4.72 Å². The first kappa shape index (κ1) is 17.1. The van der Waals surface area contributed by atoms with Gasteiger partial charge >= 0.3 is 0 Å². The molecule has 0 spiro atoms. The number of carbonyl (C=O) groups is 2. The second-order valence-corrected chi connectivity index (χ2v) is 9.38. The van der Waals surface area contributed by atoms with Crippen LogP contribution in [0.25, 0.3) is 0 Å². The summed E-state index contributed by atoms with van der Waals surface area (Å²) in [5.74, 6) is -0.841. The molecule has 3 heterocycles. The molecule has 0 aliphatic carbocycles. The van der Waals surface area contributed by atoms with Crippen molar-refractivity contribution in [3.63, 3.8) is 0 Å². The van der Waals surface area contributed by atoms with Crippen LogP contribution in [0.3, 0.4) is 0 Å². The van der Waals surface area contributed by atoms with E-state index in [2.05, 4.69) is 4.72 Å². The second-order valence-electron chi connectivity index (χ2n) is 5.74. The van der Waals surface area contributed by atoms with Crippen LogP contribution >= 0.6 is 22.7 Å². The Morgan fingerprint density at radius 2 is 2.12 bits per heavy atom. The molecule has 24 heavy (non-hydrogen) atoms. The molecule has 3 rings (SSSR count). The van der Waals surface area contributed by atoms with Crippen molar-refractivity contribution in [1.82, 2.24) is 9.62 Å². The van der Waals surface area contributed by atoms with Gasteiger partial charge < -0.3 is 4.90 Å². The van der Waals surface area contributed by atoms with Crippen LogP contribution in [0.5, 0.6) is 0 Å². The molecule has 1 unspecified atom stereocenters. The standard InChI is InChI=1S/C15H16N2O4S3/c1-15(14(19)16-24(20,21)13-3-2-7-23-13)5-6-17(15)12(18)9-11-4-8-22-10-11/h2-4,7-8,10H,5-6,9H2,1H3,(H,16,19). The minimum absolute atomic E-state index is 0.0786. The topological polar surface area (TPSA) is 83.6 Å². The molecule has 9 heteroatoms. The first-order valence-electron chi connectivity index (χ1n) is 7.25. The maximum absolute atomic E-state index is 12.5. The Kier molecular flexibility index (Phi) is 4.50. The maximum Gasteiger partial charge on any atom is 0.273 e. The Bertz CT molecular complexity index is 843. The molecule has 1 aliphatic heterocycles. The van der Waals surface area contributed by atoms with E-state index in [9.17, 15) is 18.0 Å². The van der Waals surface area contributed by atoms with Gasteiger partial charge in [0.15, 0.2) is 0 Å². The summed E-state index contributed by atoms with van der Waals surface area (Å²) in [7, 11) is -3.89. The molecule has 128 valence electrons. The van der Waals surface area contributed by atoms with Crippen molar-refractivity contribution >= 4 is 44.5 Å². The van der Waals surface area contributed by atoms with E-state index in [-0.39, 0.29) is 16.5 Å². The Labute approximate surface area is 148 Å². The molecular weight excluding hydrogens is 368 g/mol. The SMILES string of the molecule is CC1(C(=O)NS(=O)(=O)c2cccs2)CCN1C(=O)Cc1ccsc1. The van der Waals surface area contributed by atoms with Gasteiger partial charge in [-0.2, -0.15) is 11.3 Å². The number of hydrogen-bond acceptors (Lipinski definition) is 6. The highest BCUT2D eigenvalue weighted by Gasteiger charge is 2.50. The summed E-state index contributed by atoms with van der Waals surface area (Å²) >= 11 is 2.54. The number of nitrogens with one attached hydrogen (secondary N) is 1. The third-order valence-electron chi connectivity index (χ3n) is 4.13. The lowest BCUT2D eigenvalue weighted by Gasteiger charge is -2.48. The van der Waals surface area contributed by atoms with E-state index in [4.69, 9.17) is 0 Å². The van der Waals surface area contributed by atoms with Crippen molar-refractivity contribution in [1.29, 1.82) is 0 Å². The molecule has 1 aliphatic rings. The normalized spacial score (nSPS) is 20.5. The number of carbonyl (C=O) groups excluding carboxylic acids is 2. The van der Waals surface area contributed by atoms with Gasteiger partial charge in [0.1, 0.15) is 9.75 Å². The van der Waals surface area contributed by atoms with E-state index in [1.54, 1.807) is 18.4 Å². The molecule has 1 saturated heterocycles. The van der Waals surface area contributed by atoms with Gasteiger partial charge in [0.2, 0.25) is 5.91 Å². The van der Waals surface area contributed by atoms with Crippen molar-refractivity contribution in [2.45, 2.75) is 29.5 Å². The van der Waals surface area contributed by atoms with Crippen LogP contribution in [0.4, 0.5) is 0 Å². The maximum atomic E-state index is 12.5. The van der Waals surface area contributed by atoms with E-state index in [1.807, 2.05) is 16.8 Å². The van der Waals surface area contributed by atoms with Gasteiger partial charge in [0.05, 0.1) is 6.42 Å². The zero-order valence-corrected chi connectivity index (χ0v) is 15.3. The fourth-order valence-corrected chi connectivity index (χ4v) is 5.29. The third kappa shape index (κ3) is 3.11. The number of amides is 2. The van der Waals surface area contributed by atoms with Crippen LogP contribution in [0.2, 0.25) is 0 Å². The predicted molar refractivity (Wildman–Crippen MR) is 92.4 cm³/mol. The average Bonchev–Trinajstić information content (AvgIpc) is 3.17. The molecule has 6 nitrogen and oxygen atoms in total. The quantitative estimate of drug-likeness (QED) is 0.853. The number of likely N-dealkylation sites (tertiary alicyclic amines) is 1. The van der Waals surface area contributed by atoms with E-state index < -0.39 is 21.5 Å². The Morgan fingerprint density at radius 3 is 2.67 bits per heavy atom. The lowest BCUT2D eigenvalue weighted by atomic mass is 9.85. The van der Waals surface area contributed by atoms with Crippen molar-refractivity contribution in [3.8, 4) is 0 Å². The molecule has 1 atom stereocenters. The van der Waals surface area contributed by atoms with E-state index in [0.717, 1.165) is 16.9 Å². The summed E-state index contributed by atoms with van der Waals surface area (Å²) in [4.78, 5) is 26.4. The molecule has 0 saturated carbocycles. The monoisotopic (exact) mass is 384 g/mol. The molecule has 2 aromatic rings. The number of sulfonamides is 1. The number of rotatable bonds is 5. The minimum Gasteiger partial charge on any atom is -0.328 e. The summed E-state index contributed by atoms with van der Waals surface area (Å²) in [6, 6.07) is 4.90. The fourth-order valence-electron chi connectivity index (χ4n) is 2.56. The van der Waals surface area contributed by atoms with Crippen LogP contribution in [0, 0.1) is 0 Å². The van der Waals surface area contributed by atoms with Crippen molar-refractivity contribution in [2.24, 2.45) is 0 Å². The van der Waals surface area contributed by atoms with Crippen LogP contribution in [-0.4, -0.2) is 37.2 Å². The largest absolute Gasteiger partial charge is 0.328 e. The van der Waals surface area contributed by atoms with Crippen molar-refractivity contribution in [2.75, 3.05) is 6.54 Å². The Morgan fingerprint density at radius 1 is 1.33 bits per heavy atom. The lowest BCUT2D eigenvalue weighted by Crippen LogP contribution is -2.68. The molecule has 1 fully saturated rings. The Hall–Kier alpha value is -1.71. The summed E-state index contributed by atoms with van der Waals surface area (Å²) in [6.07, 6.45) is 0.651. The second kappa shape index (κ2) is 6.30. The van der Waals surface area contributed by atoms with E-state index >= 15 is 0 Å². The van der Waals surface area contributed by atoms with Crippen LogP contribution in [-0.2, 0) is 26.0 Å². The lowest BCUT2D eigenvalue weighted by molar-refractivity contribution is -0.156.